The van der Waals surface area contributed by atoms with Crippen molar-refractivity contribution >= 4 is 22.6 Å². The summed E-state index contributed by atoms with van der Waals surface area (Å²) in [6, 6.07) is 5.73. The van der Waals surface area contributed by atoms with Gasteiger partial charge in [-0.3, -0.25) is 9.09 Å². The van der Waals surface area contributed by atoms with Crippen molar-refractivity contribution in [3.63, 3.8) is 0 Å². The Hall–Kier alpha value is -2.12. The third kappa shape index (κ3) is 2.42. The zero-order valence-corrected chi connectivity index (χ0v) is 13.0. The number of halogens is 1. The Labute approximate surface area is 131 Å². The first kappa shape index (κ1) is 14.8. The van der Waals surface area contributed by atoms with Gasteiger partial charge in [0.15, 0.2) is 5.82 Å². The first-order valence-electron chi connectivity index (χ1n) is 6.93. The molecule has 3 rings (SSSR count). The van der Waals surface area contributed by atoms with Crippen LogP contribution in [0.1, 0.15) is 31.5 Å². The van der Waals surface area contributed by atoms with Crippen molar-refractivity contribution in [2.24, 2.45) is 5.73 Å². The predicted octanol–water partition coefficient (Wildman–Crippen LogP) is 1.93. The summed E-state index contributed by atoms with van der Waals surface area (Å²) >= 11 is 6.03. The molecule has 0 aliphatic heterocycles. The average molecular weight is 322 g/mol. The second kappa shape index (κ2) is 5.58. The Balaban J connectivity index is 2.16. The molecular formula is C14H16ClN5O2. The molecule has 22 heavy (non-hydrogen) atoms. The molecule has 116 valence electrons. The van der Waals surface area contributed by atoms with E-state index in [1.165, 1.54) is 4.57 Å². The molecule has 0 radical (unpaired) electrons. The van der Waals surface area contributed by atoms with Gasteiger partial charge in [0.1, 0.15) is 5.82 Å². The summed E-state index contributed by atoms with van der Waals surface area (Å²) in [7, 11) is 0. The standard InChI is InChI=1S/C14H16ClN5O2/c1-8(2)20-11-4-3-9(15)5-10(11)17-13(20)7-19-12(6-16)18-22-14(19)21/h3-5,8H,6-7,16H2,1-2H3. The molecule has 0 saturated carbocycles. The molecule has 0 saturated heterocycles. The highest BCUT2D eigenvalue weighted by molar-refractivity contribution is 6.31. The fourth-order valence-electron chi connectivity index (χ4n) is 2.55. The second-order valence-corrected chi connectivity index (χ2v) is 5.72. The fourth-order valence-corrected chi connectivity index (χ4v) is 2.72. The van der Waals surface area contributed by atoms with Crippen LogP contribution in [0.3, 0.4) is 0 Å². The van der Waals surface area contributed by atoms with Crippen LogP contribution in [0.4, 0.5) is 0 Å². The number of imidazole rings is 1. The van der Waals surface area contributed by atoms with Gasteiger partial charge in [0.2, 0.25) is 0 Å². The maximum absolute atomic E-state index is 11.8. The Kier molecular flexibility index (Phi) is 3.76. The van der Waals surface area contributed by atoms with Crippen LogP contribution in [0.5, 0.6) is 0 Å². The van der Waals surface area contributed by atoms with E-state index in [0.717, 1.165) is 16.9 Å². The van der Waals surface area contributed by atoms with Gasteiger partial charge in [-0.1, -0.05) is 16.8 Å². The van der Waals surface area contributed by atoms with Crippen molar-refractivity contribution in [2.75, 3.05) is 0 Å². The molecule has 1 aromatic carbocycles. The predicted molar refractivity (Wildman–Crippen MR) is 82.9 cm³/mol. The molecule has 0 aliphatic rings. The average Bonchev–Trinajstić information content (AvgIpc) is 2.99. The normalized spacial score (nSPS) is 11.7. The van der Waals surface area contributed by atoms with Gasteiger partial charge in [0.05, 0.1) is 24.1 Å². The summed E-state index contributed by atoms with van der Waals surface area (Å²) in [5, 5.41) is 4.29. The van der Waals surface area contributed by atoms with Gasteiger partial charge in [-0.05, 0) is 32.0 Å². The van der Waals surface area contributed by atoms with Gasteiger partial charge in [-0.2, -0.15) is 0 Å². The zero-order chi connectivity index (χ0) is 15.9. The highest BCUT2D eigenvalue weighted by Gasteiger charge is 2.17. The molecule has 0 spiro atoms. The van der Waals surface area contributed by atoms with E-state index in [1.807, 2.05) is 12.1 Å². The molecule has 0 fully saturated rings. The molecule has 2 aromatic heterocycles. The number of nitrogens with zero attached hydrogens (tertiary/aromatic N) is 4. The SMILES string of the molecule is CC(C)n1c(Cn2c(CN)noc2=O)nc2cc(Cl)ccc21. The fraction of sp³-hybridized carbons (Fsp3) is 0.357. The Morgan fingerprint density at radius 3 is 2.82 bits per heavy atom. The van der Waals surface area contributed by atoms with Crippen molar-refractivity contribution < 1.29 is 4.52 Å². The lowest BCUT2D eigenvalue weighted by Gasteiger charge is -2.13. The van der Waals surface area contributed by atoms with Gasteiger partial charge in [0, 0.05) is 11.1 Å². The van der Waals surface area contributed by atoms with Gasteiger partial charge in [-0.15, -0.1) is 0 Å². The zero-order valence-electron chi connectivity index (χ0n) is 12.3. The van der Waals surface area contributed by atoms with Crippen molar-refractivity contribution in [1.82, 2.24) is 19.3 Å². The number of benzene rings is 1. The minimum atomic E-state index is -0.541. The summed E-state index contributed by atoms with van der Waals surface area (Å²) in [5.41, 5.74) is 7.34. The highest BCUT2D eigenvalue weighted by Crippen LogP contribution is 2.24. The third-order valence-corrected chi connectivity index (χ3v) is 3.72. The maximum atomic E-state index is 11.8. The van der Waals surface area contributed by atoms with Crippen molar-refractivity contribution in [3.8, 4) is 0 Å². The van der Waals surface area contributed by atoms with E-state index in [4.69, 9.17) is 17.3 Å². The van der Waals surface area contributed by atoms with Crippen LogP contribution < -0.4 is 11.5 Å². The molecule has 2 N–H and O–H groups in total. The molecule has 0 unspecified atom stereocenters. The topological polar surface area (TPSA) is 91.9 Å². The van der Waals surface area contributed by atoms with Crippen molar-refractivity contribution in [2.45, 2.75) is 33.0 Å². The second-order valence-electron chi connectivity index (χ2n) is 5.28. The van der Waals surface area contributed by atoms with Gasteiger partial charge < -0.3 is 10.3 Å². The van der Waals surface area contributed by atoms with Gasteiger partial charge in [-0.25, -0.2) is 9.78 Å². The summed E-state index contributed by atoms with van der Waals surface area (Å²) in [6.07, 6.45) is 0. The summed E-state index contributed by atoms with van der Waals surface area (Å²) in [5.74, 6) is 0.582. The van der Waals surface area contributed by atoms with Crippen molar-refractivity contribution in [3.05, 3.63) is 45.4 Å². The van der Waals surface area contributed by atoms with Gasteiger partial charge >= 0.3 is 5.76 Å². The van der Waals surface area contributed by atoms with E-state index in [2.05, 4.69) is 33.1 Å². The molecule has 7 nitrogen and oxygen atoms in total. The lowest BCUT2D eigenvalue weighted by atomic mass is 10.3. The van der Waals surface area contributed by atoms with Gasteiger partial charge in [0.25, 0.3) is 0 Å². The number of fused-ring (bicyclic) bond motifs is 1. The van der Waals surface area contributed by atoms with E-state index in [9.17, 15) is 4.79 Å². The summed E-state index contributed by atoms with van der Waals surface area (Å²) in [4.78, 5) is 16.4. The Morgan fingerprint density at radius 1 is 1.36 bits per heavy atom. The van der Waals surface area contributed by atoms with E-state index >= 15 is 0 Å². The van der Waals surface area contributed by atoms with Crippen LogP contribution in [-0.2, 0) is 13.1 Å². The monoisotopic (exact) mass is 321 g/mol. The summed E-state index contributed by atoms with van der Waals surface area (Å²) < 4.78 is 8.12. The molecule has 0 bridgehead atoms. The molecular weight excluding hydrogens is 306 g/mol. The highest BCUT2D eigenvalue weighted by atomic mass is 35.5. The summed E-state index contributed by atoms with van der Waals surface area (Å²) in [6.45, 7) is 4.48. The van der Waals surface area contributed by atoms with Crippen LogP contribution in [0, 0.1) is 0 Å². The number of aromatic nitrogens is 4. The molecule has 0 aliphatic carbocycles. The Bertz CT molecular complexity index is 877. The lowest BCUT2D eigenvalue weighted by molar-refractivity contribution is 0.373. The van der Waals surface area contributed by atoms with Crippen LogP contribution >= 0.6 is 11.6 Å². The van der Waals surface area contributed by atoms with E-state index in [1.54, 1.807) is 6.07 Å². The van der Waals surface area contributed by atoms with Crippen molar-refractivity contribution in [1.29, 1.82) is 0 Å². The number of hydrogen-bond acceptors (Lipinski definition) is 5. The molecule has 3 aromatic rings. The third-order valence-electron chi connectivity index (χ3n) is 3.48. The smallest absolute Gasteiger partial charge is 0.324 e. The minimum Gasteiger partial charge on any atom is -0.324 e. The quantitative estimate of drug-likeness (QED) is 0.792. The van der Waals surface area contributed by atoms with Crippen LogP contribution in [0.2, 0.25) is 5.02 Å². The van der Waals surface area contributed by atoms with Crippen LogP contribution in [0.15, 0.2) is 27.5 Å². The molecule has 2 heterocycles. The van der Waals surface area contributed by atoms with E-state index in [-0.39, 0.29) is 19.1 Å². The largest absolute Gasteiger partial charge is 0.442 e. The maximum Gasteiger partial charge on any atom is 0.442 e. The number of nitrogens with two attached hydrogens (primary N) is 1. The van der Waals surface area contributed by atoms with Crippen LogP contribution in [-0.4, -0.2) is 19.3 Å². The molecule has 0 amide bonds. The molecule has 8 heteroatoms. The first-order chi connectivity index (χ1) is 10.5. The first-order valence-corrected chi connectivity index (χ1v) is 7.31. The molecule has 0 atom stereocenters. The number of rotatable bonds is 4. The van der Waals surface area contributed by atoms with E-state index < -0.39 is 5.76 Å². The lowest BCUT2D eigenvalue weighted by Crippen LogP contribution is -2.22. The minimum absolute atomic E-state index is 0.124. The van der Waals surface area contributed by atoms with Crippen LogP contribution in [0.25, 0.3) is 11.0 Å². The Morgan fingerprint density at radius 2 is 2.14 bits per heavy atom. The number of hydrogen-bond donors (Lipinski definition) is 1. The van der Waals surface area contributed by atoms with E-state index in [0.29, 0.717) is 10.8 Å².